The van der Waals surface area contributed by atoms with Gasteiger partial charge in [-0.15, -0.1) is 0 Å². The van der Waals surface area contributed by atoms with Gasteiger partial charge in [-0.25, -0.2) is 0 Å². The van der Waals surface area contributed by atoms with E-state index in [1.54, 1.807) is 0 Å². The van der Waals surface area contributed by atoms with E-state index in [1.165, 1.54) is 6.42 Å². The highest BCUT2D eigenvalue weighted by Gasteiger charge is 2.59. The lowest BCUT2D eigenvalue weighted by molar-refractivity contribution is 0.149. The molecule has 0 amide bonds. The molecule has 0 N–H and O–H groups in total. The smallest absolute Gasteiger partial charge is 0.122 e. The second-order valence-electron chi connectivity index (χ2n) is 7.99. The summed E-state index contributed by atoms with van der Waals surface area (Å²) in [7, 11) is -2.43. The van der Waals surface area contributed by atoms with Crippen LogP contribution in [0.2, 0.25) is 0 Å². The average molecular weight is 320 g/mol. The van der Waals surface area contributed by atoms with Gasteiger partial charge in [0.05, 0.1) is 0 Å². The summed E-state index contributed by atoms with van der Waals surface area (Å²) in [4.78, 5) is 0. The molecule has 0 saturated carbocycles. The Morgan fingerprint density at radius 3 is 2.00 bits per heavy atom. The predicted octanol–water partition coefficient (Wildman–Crippen LogP) is 5.79. The Balaban J connectivity index is 2.72. The van der Waals surface area contributed by atoms with Gasteiger partial charge in [0.1, 0.15) is 7.14 Å². The Labute approximate surface area is 137 Å². The van der Waals surface area contributed by atoms with Gasteiger partial charge in [-0.1, -0.05) is 71.9 Å². The van der Waals surface area contributed by atoms with Crippen molar-refractivity contribution in [3.8, 4) is 0 Å². The van der Waals surface area contributed by atoms with E-state index in [4.69, 9.17) is 0 Å². The largest absolute Gasteiger partial charge is 0.318 e. The highest BCUT2D eigenvalue weighted by atomic mass is 31.2. The van der Waals surface area contributed by atoms with Crippen molar-refractivity contribution in [2.75, 3.05) is 6.16 Å². The summed E-state index contributed by atoms with van der Waals surface area (Å²) in [6, 6.07) is 10.4. The molecule has 2 heteroatoms. The molecule has 0 radical (unpaired) electrons. The van der Waals surface area contributed by atoms with E-state index in [1.807, 2.05) is 6.07 Å². The zero-order valence-corrected chi connectivity index (χ0v) is 16.1. The molecular formula is C20H33OP. The first kappa shape index (κ1) is 17.8. The van der Waals surface area contributed by atoms with Crippen LogP contribution in [-0.2, 0) is 4.57 Å². The van der Waals surface area contributed by atoms with Crippen molar-refractivity contribution in [3.63, 3.8) is 0 Å². The van der Waals surface area contributed by atoms with Gasteiger partial charge >= 0.3 is 0 Å². The molecule has 1 heterocycles. The molecule has 1 aliphatic heterocycles. The molecule has 0 aromatic heterocycles. The molecule has 2 unspecified atom stereocenters. The Bertz CT molecular complexity index is 522. The average Bonchev–Trinajstić information content (AvgIpc) is 2.46. The van der Waals surface area contributed by atoms with Gasteiger partial charge < -0.3 is 4.57 Å². The Morgan fingerprint density at radius 2 is 1.55 bits per heavy atom. The van der Waals surface area contributed by atoms with Crippen molar-refractivity contribution in [1.29, 1.82) is 0 Å². The maximum absolute atomic E-state index is 14.5. The van der Waals surface area contributed by atoms with Crippen LogP contribution < -0.4 is 5.30 Å². The van der Waals surface area contributed by atoms with E-state index in [0.29, 0.717) is 23.7 Å². The summed E-state index contributed by atoms with van der Waals surface area (Å²) in [5, 5.41) is 1.04. The van der Waals surface area contributed by atoms with Crippen LogP contribution in [0.25, 0.3) is 0 Å². The van der Waals surface area contributed by atoms with E-state index >= 15 is 0 Å². The van der Waals surface area contributed by atoms with Crippen LogP contribution in [0.1, 0.15) is 54.4 Å². The van der Waals surface area contributed by atoms with E-state index in [0.717, 1.165) is 17.9 Å². The SMILES string of the molecule is CC(C)C1CCCP(=O)(c2ccccc2)C1(C(C)C)C(C)C. The predicted molar refractivity (Wildman–Crippen MR) is 98.5 cm³/mol. The van der Waals surface area contributed by atoms with Gasteiger partial charge in [0.15, 0.2) is 0 Å². The number of hydrogen-bond acceptors (Lipinski definition) is 1. The number of benzene rings is 1. The minimum atomic E-state index is -2.43. The molecule has 2 atom stereocenters. The molecule has 1 nitrogen and oxygen atoms in total. The van der Waals surface area contributed by atoms with E-state index in [-0.39, 0.29) is 5.16 Å². The first-order chi connectivity index (χ1) is 10.3. The van der Waals surface area contributed by atoms with Gasteiger partial charge in [-0.05, 0) is 36.5 Å². The zero-order chi connectivity index (χ0) is 16.5. The number of hydrogen-bond donors (Lipinski definition) is 0. The van der Waals surface area contributed by atoms with Crippen molar-refractivity contribution in [1.82, 2.24) is 0 Å². The lowest BCUT2D eigenvalue weighted by Gasteiger charge is -2.56. The molecule has 1 aromatic rings. The molecular weight excluding hydrogens is 287 g/mol. The standard InChI is InChI=1S/C20H33OP/c1-15(2)19-13-10-14-22(21,18-11-8-7-9-12-18)20(19,16(3)4)17(5)6/h7-9,11-12,15-17,19H,10,13-14H2,1-6H3. The van der Waals surface area contributed by atoms with Gasteiger partial charge in [0.25, 0.3) is 0 Å². The topological polar surface area (TPSA) is 17.1 Å². The molecule has 1 saturated heterocycles. The van der Waals surface area contributed by atoms with Crippen molar-refractivity contribution in [2.45, 2.75) is 59.5 Å². The first-order valence-corrected chi connectivity index (χ1v) is 10.8. The Hall–Kier alpha value is -0.550. The molecule has 1 aromatic carbocycles. The van der Waals surface area contributed by atoms with E-state index in [2.05, 4.69) is 65.8 Å². The van der Waals surface area contributed by atoms with E-state index in [9.17, 15) is 4.57 Å². The molecule has 0 bridgehead atoms. The monoisotopic (exact) mass is 320 g/mol. The van der Waals surface area contributed by atoms with Gasteiger partial charge in [0.2, 0.25) is 0 Å². The van der Waals surface area contributed by atoms with Gasteiger partial charge in [-0.2, -0.15) is 0 Å². The van der Waals surface area contributed by atoms with Crippen LogP contribution in [0.15, 0.2) is 30.3 Å². The first-order valence-electron chi connectivity index (χ1n) is 8.93. The second-order valence-corrected chi connectivity index (χ2v) is 11.2. The lowest BCUT2D eigenvalue weighted by atomic mass is 9.68. The van der Waals surface area contributed by atoms with Crippen molar-refractivity contribution in [3.05, 3.63) is 30.3 Å². The van der Waals surface area contributed by atoms with Crippen LogP contribution in [0.5, 0.6) is 0 Å². The third-order valence-corrected chi connectivity index (χ3v) is 10.7. The fraction of sp³-hybridized carbons (Fsp3) is 0.700. The fourth-order valence-electron chi connectivity index (χ4n) is 5.47. The van der Waals surface area contributed by atoms with Crippen molar-refractivity contribution < 1.29 is 4.57 Å². The molecule has 124 valence electrons. The van der Waals surface area contributed by atoms with Crippen LogP contribution in [0, 0.1) is 23.7 Å². The molecule has 0 aliphatic carbocycles. The van der Waals surface area contributed by atoms with Crippen LogP contribution in [-0.4, -0.2) is 11.3 Å². The van der Waals surface area contributed by atoms with Crippen molar-refractivity contribution >= 4 is 12.4 Å². The molecule has 1 fully saturated rings. The number of rotatable bonds is 4. The summed E-state index contributed by atoms with van der Waals surface area (Å²) < 4.78 is 14.5. The van der Waals surface area contributed by atoms with Gasteiger partial charge in [-0.3, -0.25) is 0 Å². The summed E-state index contributed by atoms with van der Waals surface area (Å²) in [5.41, 5.74) is 0. The highest BCUT2D eigenvalue weighted by molar-refractivity contribution is 7.73. The highest BCUT2D eigenvalue weighted by Crippen LogP contribution is 2.70. The van der Waals surface area contributed by atoms with Crippen LogP contribution >= 0.6 is 7.14 Å². The molecule has 22 heavy (non-hydrogen) atoms. The molecule has 0 spiro atoms. The molecule has 1 aliphatic rings. The summed E-state index contributed by atoms with van der Waals surface area (Å²) in [5.74, 6) is 2.01. The maximum Gasteiger partial charge on any atom is 0.122 e. The van der Waals surface area contributed by atoms with Crippen LogP contribution in [0.3, 0.4) is 0 Å². The third-order valence-electron chi connectivity index (χ3n) is 6.04. The minimum Gasteiger partial charge on any atom is -0.318 e. The summed E-state index contributed by atoms with van der Waals surface area (Å²) >= 11 is 0. The Kier molecular flexibility index (Phi) is 5.27. The lowest BCUT2D eigenvalue weighted by Crippen LogP contribution is -2.54. The normalized spacial score (nSPS) is 28.5. The van der Waals surface area contributed by atoms with Gasteiger partial charge in [0, 0.05) is 16.6 Å². The summed E-state index contributed by atoms with van der Waals surface area (Å²) in [6.07, 6.45) is 3.22. The minimum absolute atomic E-state index is 0.0687. The third kappa shape index (κ3) is 2.50. The molecule has 2 rings (SSSR count). The maximum atomic E-state index is 14.5. The second kappa shape index (κ2) is 6.52. The fourth-order valence-corrected chi connectivity index (χ4v) is 10.5. The quantitative estimate of drug-likeness (QED) is 0.642. The van der Waals surface area contributed by atoms with Crippen molar-refractivity contribution in [2.24, 2.45) is 23.7 Å². The van der Waals surface area contributed by atoms with E-state index < -0.39 is 7.14 Å². The summed E-state index contributed by atoms with van der Waals surface area (Å²) in [6.45, 7) is 13.9. The Morgan fingerprint density at radius 1 is 1.00 bits per heavy atom. The zero-order valence-electron chi connectivity index (χ0n) is 15.2. The van der Waals surface area contributed by atoms with Crippen LogP contribution in [0.4, 0.5) is 0 Å².